The molecule has 0 aliphatic carbocycles. The summed E-state index contributed by atoms with van der Waals surface area (Å²) in [6, 6.07) is 6.35. The molecule has 1 rings (SSSR count). The Balaban J connectivity index is 2.52. The van der Waals surface area contributed by atoms with Crippen LogP contribution < -0.4 is 5.32 Å². The highest BCUT2D eigenvalue weighted by Crippen LogP contribution is 2.10. The van der Waals surface area contributed by atoms with Crippen LogP contribution in [0.2, 0.25) is 0 Å². The Hall–Kier alpha value is -1.81. The van der Waals surface area contributed by atoms with E-state index < -0.39 is 0 Å². The molecule has 0 heterocycles. The lowest BCUT2D eigenvalue weighted by molar-refractivity contribution is -0.117. The number of carbonyl (C=O) groups is 1. The Morgan fingerprint density at radius 3 is 2.47 bits per heavy atom. The van der Waals surface area contributed by atoms with E-state index in [1.54, 1.807) is 30.3 Å². The summed E-state index contributed by atoms with van der Waals surface area (Å²) >= 11 is 0. The van der Waals surface area contributed by atoms with Gasteiger partial charge in [0.1, 0.15) is 5.75 Å². The number of phenols is 1. The Labute approximate surface area is 113 Å². The molecule has 4 nitrogen and oxygen atoms in total. The standard InChI is InChI=1S/C15H21NO3/c1-11(2)9-13(10-17)16-15(19)8-5-12-3-6-14(18)7-4-12/h3-8,11,13,17-18H,9-10H2,1-2H3,(H,16,19)/b8-5+. The molecule has 0 spiro atoms. The average Bonchev–Trinajstić information content (AvgIpc) is 2.36. The molecule has 0 aliphatic heterocycles. The molecule has 1 aromatic carbocycles. The van der Waals surface area contributed by atoms with E-state index in [9.17, 15) is 9.90 Å². The first-order chi connectivity index (χ1) is 9.01. The Bertz CT molecular complexity index is 424. The number of nitrogens with one attached hydrogen (secondary N) is 1. The van der Waals surface area contributed by atoms with Crippen LogP contribution in [0.15, 0.2) is 30.3 Å². The minimum Gasteiger partial charge on any atom is -0.508 e. The van der Waals surface area contributed by atoms with E-state index in [1.807, 2.05) is 13.8 Å². The van der Waals surface area contributed by atoms with E-state index in [1.165, 1.54) is 6.08 Å². The van der Waals surface area contributed by atoms with Gasteiger partial charge in [-0.1, -0.05) is 26.0 Å². The highest BCUT2D eigenvalue weighted by atomic mass is 16.3. The van der Waals surface area contributed by atoms with E-state index in [2.05, 4.69) is 5.32 Å². The molecule has 0 aliphatic rings. The second kappa shape index (κ2) is 7.59. The Morgan fingerprint density at radius 2 is 1.95 bits per heavy atom. The van der Waals surface area contributed by atoms with Crippen molar-refractivity contribution in [2.24, 2.45) is 5.92 Å². The number of aliphatic hydroxyl groups is 1. The molecule has 0 aromatic heterocycles. The molecule has 104 valence electrons. The fraction of sp³-hybridized carbons (Fsp3) is 0.400. The zero-order chi connectivity index (χ0) is 14.3. The van der Waals surface area contributed by atoms with Gasteiger partial charge in [0.15, 0.2) is 0 Å². The van der Waals surface area contributed by atoms with Gasteiger partial charge in [-0.25, -0.2) is 0 Å². The Kier molecular flexibility index (Phi) is 6.09. The van der Waals surface area contributed by atoms with E-state index in [0.717, 1.165) is 12.0 Å². The third-order valence-electron chi connectivity index (χ3n) is 2.64. The molecular weight excluding hydrogens is 242 g/mol. The normalized spacial score (nSPS) is 12.8. The number of rotatable bonds is 6. The SMILES string of the molecule is CC(C)CC(CO)NC(=O)/C=C/c1ccc(O)cc1. The smallest absolute Gasteiger partial charge is 0.244 e. The minimum atomic E-state index is -0.229. The quantitative estimate of drug-likeness (QED) is 0.687. The van der Waals surface area contributed by atoms with Crippen molar-refractivity contribution in [3.8, 4) is 5.75 Å². The molecule has 4 heteroatoms. The Morgan fingerprint density at radius 1 is 1.32 bits per heavy atom. The van der Waals surface area contributed by atoms with Crippen molar-refractivity contribution >= 4 is 12.0 Å². The van der Waals surface area contributed by atoms with Crippen LogP contribution in [0.4, 0.5) is 0 Å². The van der Waals surface area contributed by atoms with Crippen LogP contribution in [-0.4, -0.2) is 28.8 Å². The predicted molar refractivity (Wildman–Crippen MR) is 75.6 cm³/mol. The highest BCUT2D eigenvalue weighted by molar-refractivity contribution is 5.91. The minimum absolute atomic E-state index is 0.0586. The molecule has 1 atom stereocenters. The van der Waals surface area contributed by atoms with Crippen molar-refractivity contribution in [2.45, 2.75) is 26.3 Å². The van der Waals surface area contributed by atoms with Crippen molar-refractivity contribution in [2.75, 3.05) is 6.61 Å². The van der Waals surface area contributed by atoms with Gasteiger partial charge < -0.3 is 15.5 Å². The zero-order valence-electron chi connectivity index (χ0n) is 11.3. The second-order valence-corrected chi connectivity index (χ2v) is 4.94. The summed E-state index contributed by atoms with van der Waals surface area (Å²) in [7, 11) is 0. The largest absolute Gasteiger partial charge is 0.508 e. The van der Waals surface area contributed by atoms with Crippen molar-refractivity contribution in [3.05, 3.63) is 35.9 Å². The molecular formula is C15H21NO3. The van der Waals surface area contributed by atoms with Crippen molar-refractivity contribution in [1.82, 2.24) is 5.32 Å². The fourth-order valence-electron chi connectivity index (χ4n) is 1.75. The molecule has 0 bridgehead atoms. The molecule has 0 radical (unpaired) electrons. The number of aromatic hydroxyl groups is 1. The maximum atomic E-state index is 11.7. The van der Waals surface area contributed by atoms with Crippen LogP contribution in [0, 0.1) is 5.92 Å². The monoisotopic (exact) mass is 263 g/mol. The van der Waals surface area contributed by atoms with Crippen LogP contribution >= 0.6 is 0 Å². The summed E-state index contributed by atoms with van der Waals surface area (Å²) in [6.07, 6.45) is 3.84. The number of hydrogen-bond acceptors (Lipinski definition) is 3. The summed E-state index contributed by atoms with van der Waals surface area (Å²) in [6.45, 7) is 4.03. The van der Waals surface area contributed by atoms with E-state index in [4.69, 9.17) is 5.11 Å². The first-order valence-electron chi connectivity index (χ1n) is 6.39. The lowest BCUT2D eigenvalue weighted by Crippen LogP contribution is -2.37. The van der Waals surface area contributed by atoms with Crippen LogP contribution in [0.3, 0.4) is 0 Å². The van der Waals surface area contributed by atoms with E-state index >= 15 is 0 Å². The summed E-state index contributed by atoms with van der Waals surface area (Å²) in [5, 5.41) is 21.1. The molecule has 19 heavy (non-hydrogen) atoms. The number of hydrogen-bond donors (Lipinski definition) is 3. The summed E-state index contributed by atoms with van der Waals surface area (Å²) in [4.78, 5) is 11.7. The van der Waals surface area contributed by atoms with Gasteiger partial charge in [0.05, 0.1) is 12.6 Å². The molecule has 1 unspecified atom stereocenters. The van der Waals surface area contributed by atoms with E-state index in [-0.39, 0.29) is 24.3 Å². The van der Waals surface area contributed by atoms with Gasteiger partial charge in [-0.15, -0.1) is 0 Å². The molecule has 0 saturated carbocycles. The lowest BCUT2D eigenvalue weighted by Gasteiger charge is -2.17. The second-order valence-electron chi connectivity index (χ2n) is 4.94. The van der Waals surface area contributed by atoms with Gasteiger partial charge >= 0.3 is 0 Å². The number of amides is 1. The number of phenolic OH excluding ortho intramolecular Hbond substituents is 1. The van der Waals surface area contributed by atoms with E-state index in [0.29, 0.717) is 5.92 Å². The zero-order valence-corrected chi connectivity index (χ0v) is 11.3. The number of benzene rings is 1. The first kappa shape index (κ1) is 15.2. The van der Waals surface area contributed by atoms with Crippen LogP contribution in [-0.2, 0) is 4.79 Å². The summed E-state index contributed by atoms with van der Waals surface area (Å²) in [5.41, 5.74) is 0.831. The molecule has 0 saturated heterocycles. The van der Waals surface area contributed by atoms with Crippen molar-refractivity contribution in [3.63, 3.8) is 0 Å². The van der Waals surface area contributed by atoms with Gasteiger partial charge in [0, 0.05) is 6.08 Å². The summed E-state index contributed by atoms with van der Waals surface area (Å²) in [5.74, 6) is 0.380. The maximum Gasteiger partial charge on any atom is 0.244 e. The predicted octanol–water partition coefficient (Wildman–Crippen LogP) is 1.93. The molecule has 1 aromatic rings. The fourth-order valence-corrected chi connectivity index (χ4v) is 1.75. The number of aliphatic hydroxyl groups excluding tert-OH is 1. The topological polar surface area (TPSA) is 69.6 Å². The molecule has 0 fully saturated rings. The highest BCUT2D eigenvalue weighted by Gasteiger charge is 2.10. The average molecular weight is 263 g/mol. The van der Waals surface area contributed by atoms with Gasteiger partial charge in [0.2, 0.25) is 5.91 Å². The summed E-state index contributed by atoms with van der Waals surface area (Å²) < 4.78 is 0. The van der Waals surface area contributed by atoms with Gasteiger partial charge in [-0.3, -0.25) is 4.79 Å². The van der Waals surface area contributed by atoms with Gasteiger partial charge in [-0.05, 0) is 36.1 Å². The van der Waals surface area contributed by atoms with Crippen LogP contribution in [0.5, 0.6) is 5.75 Å². The third kappa shape index (κ3) is 6.06. The third-order valence-corrected chi connectivity index (χ3v) is 2.64. The van der Waals surface area contributed by atoms with Crippen LogP contribution in [0.25, 0.3) is 6.08 Å². The maximum absolute atomic E-state index is 11.7. The lowest BCUT2D eigenvalue weighted by atomic mass is 10.0. The van der Waals surface area contributed by atoms with Crippen molar-refractivity contribution in [1.29, 1.82) is 0 Å². The van der Waals surface area contributed by atoms with Crippen LogP contribution in [0.1, 0.15) is 25.8 Å². The van der Waals surface area contributed by atoms with Crippen molar-refractivity contribution < 1.29 is 15.0 Å². The molecule has 1 amide bonds. The van der Waals surface area contributed by atoms with Gasteiger partial charge in [0.25, 0.3) is 0 Å². The molecule has 3 N–H and O–H groups in total. The number of carbonyl (C=O) groups excluding carboxylic acids is 1. The van der Waals surface area contributed by atoms with Gasteiger partial charge in [-0.2, -0.15) is 0 Å². The first-order valence-corrected chi connectivity index (χ1v) is 6.39.